The van der Waals surface area contributed by atoms with Gasteiger partial charge in [-0.05, 0) is 23.8 Å². The molecule has 128 valence electrons. The standard InChI is InChI=1S/C18H21NO4S/c1-24(21,22)16-8-6-14(7-9-16)17(20)13-19-10-11-23-18-5-3-2-4-15(18)12-19/h2-9,17,20H,10-13H2,1H3/t17-/m0/s1. The molecule has 2 aromatic carbocycles. The van der Waals surface area contributed by atoms with Gasteiger partial charge in [-0.1, -0.05) is 30.3 Å². The van der Waals surface area contributed by atoms with E-state index >= 15 is 0 Å². The van der Waals surface area contributed by atoms with Crippen molar-refractivity contribution in [3.8, 4) is 5.75 Å². The largest absolute Gasteiger partial charge is 0.492 e. The van der Waals surface area contributed by atoms with E-state index in [1.807, 2.05) is 24.3 Å². The molecule has 2 aromatic rings. The molecule has 0 aromatic heterocycles. The van der Waals surface area contributed by atoms with Crippen LogP contribution in [0.25, 0.3) is 0 Å². The maximum Gasteiger partial charge on any atom is 0.175 e. The van der Waals surface area contributed by atoms with E-state index in [0.29, 0.717) is 25.3 Å². The molecule has 0 amide bonds. The molecule has 0 aliphatic carbocycles. The van der Waals surface area contributed by atoms with Gasteiger partial charge >= 0.3 is 0 Å². The fourth-order valence-electron chi connectivity index (χ4n) is 2.82. The van der Waals surface area contributed by atoms with Crippen molar-refractivity contribution < 1.29 is 18.3 Å². The minimum atomic E-state index is -3.22. The lowest BCUT2D eigenvalue weighted by molar-refractivity contribution is 0.105. The number of ether oxygens (including phenoxy) is 1. The highest BCUT2D eigenvalue weighted by Gasteiger charge is 2.19. The Morgan fingerprint density at radius 2 is 1.88 bits per heavy atom. The fourth-order valence-corrected chi connectivity index (χ4v) is 3.45. The summed E-state index contributed by atoms with van der Waals surface area (Å²) in [6.07, 6.45) is 0.497. The first-order valence-electron chi connectivity index (χ1n) is 7.84. The molecule has 24 heavy (non-hydrogen) atoms. The van der Waals surface area contributed by atoms with Crippen molar-refractivity contribution in [3.63, 3.8) is 0 Å². The Kier molecular flexibility index (Phi) is 4.89. The SMILES string of the molecule is CS(=O)(=O)c1ccc([C@@H](O)CN2CCOc3ccccc3C2)cc1. The van der Waals surface area contributed by atoms with Crippen LogP contribution < -0.4 is 4.74 Å². The molecule has 1 heterocycles. The van der Waals surface area contributed by atoms with E-state index in [1.54, 1.807) is 12.1 Å². The second-order valence-corrected chi connectivity index (χ2v) is 8.06. The number of aliphatic hydroxyl groups excluding tert-OH is 1. The Bertz CT molecular complexity index is 802. The minimum absolute atomic E-state index is 0.260. The van der Waals surface area contributed by atoms with E-state index in [0.717, 1.165) is 17.9 Å². The monoisotopic (exact) mass is 347 g/mol. The molecule has 1 atom stereocenters. The molecule has 6 heteroatoms. The summed E-state index contributed by atoms with van der Waals surface area (Å²) in [6, 6.07) is 14.3. The Morgan fingerprint density at radius 3 is 2.58 bits per heavy atom. The van der Waals surface area contributed by atoms with Crippen LogP contribution in [0.4, 0.5) is 0 Å². The van der Waals surface area contributed by atoms with E-state index in [2.05, 4.69) is 4.90 Å². The number of β-amino-alcohol motifs (C(OH)–C–C–N with tert-alkyl or cyclic N) is 1. The number of aliphatic hydroxyl groups is 1. The number of hydrogen-bond acceptors (Lipinski definition) is 5. The Hall–Kier alpha value is -1.89. The third-order valence-electron chi connectivity index (χ3n) is 4.16. The molecule has 1 aliphatic heterocycles. The van der Waals surface area contributed by atoms with Gasteiger partial charge in [0.25, 0.3) is 0 Å². The van der Waals surface area contributed by atoms with Gasteiger partial charge in [-0.15, -0.1) is 0 Å². The lowest BCUT2D eigenvalue weighted by Gasteiger charge is -2.23. The van der Waals surface area contributed by atoms with Crippen molar-refractivity contribution in [2.75, 3.05) is 26.0 Å². The second kappa shape index (κ2) is 6.93. The van der Waals surface area contributed by atoms with Crippen molar-refractivity contribution >= 4 is 9.84 Å². The summed E-state index contributed by atoms with van der Waals surface area (Å²) in [5, 5.41) is 10.5. The molecular formula is C18H21NO4S. The van der Waals surface area contributed by atoms with Crippen LogP contribution in [0.2, 0.25) is 0 Å². The summed E-state index contributed by atoms with van der Waals surface area (Å²) < 4.78 is 28.7. The zero-order valence-corrected chi connectivity index (χ0v) is 14.4. The summed E-state index contributed by atoms with van der Waals surface area (Å²) in [7, 11) is -3.22. The van der Waals surface area contributed by atoms with Crippen LogP contribution in [-0.2, 0) is 16.4 Å². The first-order valence-corrected chi connectivity index (χ1v) is 9.74. The quantitative estimate of drug-likeness (QED) is 0.916. The van der Waals surface area contributed by atoms with Gasteiger partial charge in [-0.2, -0.15) is 0 Å². The number of nitrogens with zero attached hydrogens (tertiary/aromatic N) is 1. The Morgan fingerprint density at radius 1 is 1.17 bits per heavy atom. The predicted octanol–water partition coefficient (Wildman–Crippen LogP) is 2.02. The van der Waals surface area contributed by atoms with E-state index in [-0.39, 0.29) is 4.90 Å². The van der Waals surface area contributed by atoms with Crippen LogP contribution in [0.15, 0.2) is 53.4 Å². The number of sulfone groups is 1. The van der Waals surface area contributed by atoms with Crippen LogP contribution in [0.3, 0.4) is 0 Å². The van der Waals surface area contributed by atoms with E-state index in [1.165, 1.54) is 18.4 Å². The molecule has 0 bridgehead atoms. The summed E-state index contributed by atoms with van der Waals surface area (Å²) in [6.45, 7) is 2.49. The van der Waals surface area contributed by atoms with Crippen LogP contribution in [-0.4, -0.2) is 44.4 Å². The number of hydrogen-bond donors (Lipinski definition) is 1. The zero-order chi connectivity index (χ0) is 17.2. The van der Waals surface area contributed by atoms with Gasteiger partial charge in [-0.3, -0.25) is 4.90 Å². The van der Waals surface area contributed by atoms with Crippen molar-refractivity contribution in [3.05, 3.63) is 59.7 Å². The number of benzene rings is 2. The van der Waals surface area contributed by atoms with Gasteiger partial charge < -0.3 is 9.84 Å². The minimum Gasteiger partial charge on any atom is -0.492 e. The molecule has 1 N–H and O–H groups in total. The molecule has 0 saturated heterocycles. The summed E-state index contributed by atoms with van der Waals surface area (Å²) in [5.74, 6) is 0.895. The van der Waals surface area contributed by atoms with E-state index < -0.39 is 15.9 Å². The van der Waals surface area contributed by atoms with Crippen LogP contribution in [0.5, 0.6) is 5.75 Å². The summed E-state index contributed by atoms with van der Waals surface area (Å²) >= 11 is 0. The third-order valence-corrected chi connectivity index (χ3v) is 5.28. The molecular weight excluding hydrogens is 326 g/mol. The van der Waals surface area contributed by atoms with Crippen LogP contribution in [0.1, 0.15) is 17.2 Å². The molecule has 3 rings (SSSR count). The topological polar surface area (TPSA) is 66.8 Å². The first kappa shape index (κ1) is 17.0. The molecule has 0 fully saturated rings. The summed E-state index contributed by atoms with van der Waals surface area (Å²) in [4.78, 5) is 2.40. The normalized spacial score (nSPS) is 16.8. The van der Waals surface area contributed by atoms with Gasteiger partial charge in [-0.25, -0.2) is 8.42 Å². The van der Waals surface area contributed by atoms with Crippen molar-refractivity contribution in [1.82, 2.24) is 4.90 Å². The van der Waals surface area contributed by atoms with Crippen LogP contribution >= 0.6 is 0 Å². The number of rotatable bonds is 4. The molecule has 5 nitrogen and oxygen atoms in total. The van der Waals surface area contributed by atoms with Crippen molar-refractivity contribution in [2.45, 2.75) is 17.5 Å². The van der Waals surface area contributed by atoms with E-state index in [4.69, 9.17) is 4.74 Å². The fraction of sp³-hybridized carbons (Fsp3) is 0.333. The van der Waals surface area contributed by atoms with Crippen molar-refractivity contribution in [2.24, 2.45) is 0 Å². The van der Waals surface area contributed by atoms with Gasteiger partial charge in [0.05, 0.1) is 11.0 Å². The van der Waals surface area contributed by atoms with Crippen LogP contribution in [0, 0.1) is 0 Å². The average molecular weight is 347 g/mol. The molecule has 0 unspecified atom stereocenters. The smallest absolute Gasteiger partial charge is 0.175 e. The average Bonchev–Trinajstić information content (AvgIpc) is 2.75. The lowest BCUT2D eigenvalue weighted by atomic mass is 10.1. The molecule has 0 spiro atoms. The molecule has 0 saturated carbocycles. The molecule has 0 radical (unpaired) electrons. The van der Waals surface area contributed by atoms with Gasteiger partial charge in [0.15, 0.2) is 9.84 Å². The third kappa shape index (κ3) is 3.95. The lowest BCUT2D eigenvalue weighted by Crippen LogP contribution is -2.30. The number of fused-ring (bicyclic) bond motifs is 1. The molecule has 1 aliphatic rings. The zero-order valence-electron chi connectivity index (χ0n) is 13.6. The van der Waals surface area contributed by atoms with Gasteiger partial charge in [0.1, 0.15) is 12.4 Å². The highest BCUT2D eigenvalue weighted by molar-refractivity contribution is 7.90. The predicted molar refractivity (Wildman–Crippen MR) is 91.7 cm³/mol. The maximum atomic E-state index is 11.5. The maximum absolute atomic E-state index is 11.5. The second-order valence-electron chi connectivity index (χ2n) is 6.05. The number of para-hydroxylation sites is 1. The van der Waals surface area contributed by atoms with Gasteiger partial charge in [0.2, 0.25) is 0 Å². The highest BCUT2D eigenvalue weighted by atomic mass is 32.2. The highest BCUT2D eigenvalue weighted by Crippen LogP contribution is 2.24. The Labute approximate surface area is 142 Å². The van der Waals surface area contributed by atoms with Gasteiger partial charge in [0, 0.05) is 31.5 Å². The van der Waals surface area contributed by atoms with E-state index in [9.17, 15) is 13.5 Å². The Balaban J connectivity index is 1.69. The summed E-state index contributed by atoms with van der Waals surface area (Å²) in [5.41, 5.74) is 1.82. The first-order chi connectivity index (χ1) is 11.4. The van der Waals surface area contributed by atoms with Crippen molar-refractivity contribution in [1.29, 1.82) is 0 Å².